The highest BCUT2D eigenvalue weighted by atomic mass is 35.5. The molecule has 5 nitrogen and oxygen atoms in total. The maximum absolute atomic E-state index is 12.9. The Hall–Kier alpha value is -2.17. The van der Waals surface area contributed by atoms with Gasteiger partial charge in [-0.15, -0.1) is 11.3 Å². The number of aromatic nitrogens is 3. The van der Waals surface area contributed by atoms with E-state index in [4.69, 9.17) is 11.6 Å². The van der Waals surface area contributed by atoms with Crippen molar-refractivity contribution in [1.29, 1.82) is 0 Å². The van der Waals surface area contributed by atoms with Crippen LogP contribution in [0.5, 0.6) is 0 Å². The maximum Gasteiger partial charge on any atom is 0.416 e. The van der Waals surface area contributed by atoms with Crippen LogP contribution in [0.4, 0.5) is 18.3 Å². The summed E-state index contributed by atoms with van der Waals surface area (Å²) in [6.45, 7) is 0. The van der Waals surface area contributed by atoms with Crippen LogP contribution in [-0.2, 0) is 17.4 Å². The molecule has 0 aliphatic rings. The second-order valence-electron chi connectivity index (χ2n) is 5.48. The summed E-state index contributed by atoms with van der Waals surface area (Å²) < 4.78 is 38.6. The molecule has 0 bridgehead atoms. The van der Waals surface area contributed by atoms with Gasteiger partial charge in [0.15, 0.2) is 10.3 Å². The average Bonchev–Trinajstić information content (AvgIpc) is 3.08. The van der Waals surface area contributed by atoms with Crippen LogP contribution in [0.1, 0.15) is 16.0 Å². The van der Waals surface area contributed by atoms with E-state index in [1.165, 1.54) is 35.4 Å². The predicted molar refractivity (Wildman–Crippen MR) is 103 cm³/mol. The van der Waals surface area contributed by atoms with Crippen molar-refractivity contribution >= 4 is 45.7 Å². The Morgan fingerprint density at radius 1 is 1.21 bits per heavy atom. The molecule has 28 heavy (non-hydrogen) atoms. The Bertz CT molecular complexity index is 967. The summed E-state index contributed by atoms with van der Waals surface area (Å²) in [5, 5.41) is 3.73. The van der Waals surface area contributed by atoms with Gasteiger partial charge in [0.25, 0.3) is 0 Å². The van der Waals surface area contributed by atoms with Crippen LogP contribution in [0.25, 0.3) is 0 Å². The number of hydrogen-bond acceptors (Lipinski definition) is 6. The van der Waals surface area contributed by atoms with Gasteiger partial charge in [-0.25, -0.2) is 15.0 Å². The van der Waals surface area contributed by atoms with Gasteiger partial charge in [-0.2, -0.15) is 13.2 Å². The fraction of sp³-hybridized carbons (Fsp3) is 0.176. The largest absolute Gasteiger partial charge is 0.416 e. The summed E-state index contributed by atoms with van der Waals surface area (Å²) in [5.41, 5.74) is -0.417. The van der Waals surface area contributed by atoms with E-state index >= 15 is 0 Å². The summed E-state index contributed by atoms with van der Waals surface area (Å²) in [6, 6.07) is 4.87. The van der Waals surface area contributed by atoms with Gasteiger partial charge in [-0.3, -0.25) is 4.79 Å². The normalized spacial score (nSPS) is 11.4. The number of rotatable bonds is 6. The van der Waals surface area contributed by atoms with Crippen LogP contribution in [0.2, 0.25) is 5.02 Å². The number of hydrogen-bond donors (Lipinski definition) is 1. The van der Waals surface area contributed by atoms with Crippen molar-refractivity contribution in [3.05, 3.63) is 63.9 Å². The predicted octanol–water partition coefficient (Wildman–Crippen LogP) is 4.93. The smallest absolute Gasteiger partial charge is 0.301 e. The first-order valence-corrected chi connectivity index (χ1v) is 9.99. The second kappa shape index (κ2) is 8.89. The number of carbonyl (C=O) groups is 1. The van der Waals surface area contributed by atoms with Crippen molar-refractivity contribution in [2.24, 2.45) is 0 Å². The van der Waals surface area contributed by atoms with Gasteiger partial charge < -0.3 is 5.32 Å². The summed E-state index contributed by atoms with van der Waals surface area (Å²) in [5.74, 6) is -0.172. The number of alkyl halides is 3. The van der Waals surface area contributed by atoms with Crippen LogP contribution in [0.15, 0.2) is 48.0 Å². The third-order valence-corrected chi connectivity index (χ3v) is 5.57. The molecule has 0 spiro atoms. The summed E-state index contributed by atoms with van der Waals surface area (Å²) in [6.07, 6.45) is 0.415. The Balaban J connectivity index is 1.60. The molecule has 146 valence electrons. The molecule has 1 N–H and O–H groups in total. The van der Waals surface area contributed by atoms with Gasteiger partial charge in [0.1, 0.15) is 0 Å². The van der Waals surface area contributed by atoms with Gasteiger partial charge in [-0.1, -0.05) is 23.4 Å². The average molecular weight is 445 g/mol. The highest BCUT2D eigenvalue weighted by molar-refractivity contribution is 7.99. The topological polar surface area (TPSA) is 67.8 Å². The molecule has 0 saturated heterocycles. The highest BCUT2D eigenvalue weighted by Crippen LogP contribution is 2.33. The summed E-state index contributed by atoms with van der Waals surface area (Å²) in [4.78, 5) is 24.8. The number of benzene rings is 1. The van der Waals surface area contributed by atoms with E-state index < -0.39 is 11.7 Å². The van der Waals surface area contributed by atoms with Crippen LogP contribution in [-0.4, -0.2) is 26.6 Å². The van der Waals surface area contributed by atoms with Crippen LogP contribution in [0, 0.1) is 0 Å². The molecule has 0 aliphatic heterocycles. The summed E-state index contributed by atoms with van der Waals surface area (Å²) in [7, 11) is 0. The molecular formula is C17H12ClF3N4OS2. The fourth-order valence-electron chi connectivity index (χ4n) is 2.17. The Morgan fingerprint density at radius 2 is 1.96 bits per heavy atom. The van der Waals surface area contributed by atoms with Gasteiger partial charge >= 0.3 is 6.18 Å². The van der Waals surface area contributed by atoms with Gasteiger partial charge in [0.2, 0.25) is 5.91 Å². The first kappa shape index (κ1) is 20.6. The number of nitrogens with zero attached hydrogens (tertiary/aromatic N) is 3. The van der Waals surface area contributed by atoms with Crippen molar-refractivity contribution in [3.8, 4) is 0 Å². The minimum atomic E-state index is -4.44. The number of anilines is 1. The van der Waals surface area contributed by atoms with Crippen molar-refractivity contribution in [1.82, 2.24) is 15.0 Å². The molecule has 1 amide bonds. The van der Waals surface area contributed by atoms with Gasteiger partial charge in [-0.05, 0) is 29.8 Å². The lowest BCUT2D eigenvalue weighted by Gasteiger charge is -2.09. The zero-order valence-corrected chi connectivity index (χ0v) is 16.4. The number of thioether (sulfide) groups is 1. The lowest BCUT2D eigenvalue weighted by Crippen LogP contribution is -2.13. The minimum absolute atomic E-state index is 0.110. The zero-order valence-electron chi connectivity index (χ0n) is 14.0. The molecule has 0 saturated carbocycles. The quantitative estimate of drug-likeness (QED) is 0.431. The number of amides is 1. The van der Waals surface area contributed by atoms with Crippen LogP contribution < -0.4 is 5.32 Å². The lowest BCUT2D eigenvalue weighted by atomic mass is 10.1. The molecule has 2 heterocycles. The highest BCUT2D eigenvalue weighted by Gasteiger charge is 2.30. The summed E-state index contributed by atoms with van der Waals surface area (Å²) >= 11 is 8.38. The Labute approximate surface area is 171 Å². The molecule has 0 atom stereocenters. The SMILES string of the molecule is O=C(CSc1ncccn1)Nc1ncc(Cc2cc(C(F)(F)F)ccc2Cl)s1. The molecular weight excluding hydrogens is 433 g/mol. The fourth-order valence-corrected chi connectivity index (χ4v) is 3.81. The molecule has 11 heteroatoms. The Kier molecular flexibility index (Phi) is 6.53. The number of halogens is 4. The van der Waals surface area contributed by atoms with E-state index in [1.807, 2.05) is 0 Å². The first-order chi connectivity index (χ1) is 13.3. The third-order valence-electron chi connectivity index (χ3n) is 3.41. The first-order valence-electron chi connectivity index (χ1n) is 7.81. The monoisotopic (exact) mass is 444 g/mol. The molecule has 1 aromatic carbocycles. The zero-order chi connectivity index (χ0) is 20.1. The van der Waals surface area contributed by atoms with Crippen molar-refractivity contribution in [3.63, 3.8) is 0 Å². The minimum Gasteiger partial charge on any atom is -0.301 e. The van der Waals surface area contributed by atoms with E-state index in [0.29, 0.717) is 20.7 Å². The molecule has 2 aromatic heterocycles. The van der Waals surface area contributed by atoms with E-state index in [-0.39, 0.29) is 23.1 Å². The van der Waals surface area contributed by atoms with Crippen LogP contribution >= 0.6 is 34.7 Å². The van der Waals surface area contributed by atoms with Gasteiger partial charge in [0.05, 0.1) is 11.3 Å². The molecule has 0 fully saturated rings. The van der Waals surface area contributed by atoms with E-state index in [9.17, 15) is 18.0 Å². The lowest BCUT2D eigenvalue weighted by molar-refractivity contribution is -0.137. The Morgan fingerprint density at radius 3 is 2.68 bits per heavy atom. The van der Waals surface area contributed by atoms with E-state index in [2.05, 4.69) is 20.3 Å². The molecule has 3 aromatic rings. The van der Waals surface area contributed by atoms with Crippen molar-refractivity contribution < 1.29 is 18.0 Å². The molecule has 0 unspecified atom stereocenters. The number of nitrogens with one attached hydrogen (secondary N) is 1. The van der Waals surface area contributed by atoms with Gasteiger partial charge in [0, 0.05) is 34.9 Å². The number of carbonyl (C=O) groups excluding carboxylic acids is 1. The number of thiazole rings is 1. The van der Waals surface area contributed by atoms with Crippen molar-refractivity contribution in [2.45, 2.75) is 17.8 Å². The molecule has 0 aliphatic carbocycles. The molecule has 0 radical (unpaired) electrons. The third kappa shape index (κ3) is 5.66. The second-order valence-corrected chi connectivity index (χ2v) is 7.95. The van der Waals surface area contributed by atoms with Crippen LogP contribution in [0.3, 0.4) is 0 Å². The maximum atomic E-state index is 12.9. The van der Waals surface area contributed by atoms with E-state index in [0.717, 1.165) is 12.1 Å². The van der Waals surface area contributed by atoms with Crippen molar-refractivity contribution in [2.75, 3.05) is 11.1 Å². The van der Waals surface area contributed by atoms with E-state index in [1.54, 1.807) is 18.5 Å². The molecule has 3 rings (SSSR count). The standard InChI is InChI=1S/C17H12ClF3N4OS2/c18-13-3-2-11(17(19,20)21)6-10(13)7-12-8-24-16(28-12)25-14(26)9-27-15-22-4-1-5-23-15/h1-6,8H,7,9H2,(H,24,25,26).